The summed E-state index contributed by atoms with van der Waals surface area (Å²) in [5, 5.41) is 0. The normalized spacial score (nSPS) is 37.4. The predicted octanol–water partition coefficient (Wildman–Crippen LogP) is 0.201. The topological polar surface area (TPSA) is 70.5 Å². The fraction of sp³-hybridized carbons (Fsp3) is 1.00. The molecule has 1 saturated heterocycles. The van der Waals surface area contributed by atoms with Crippen molar-refractivity contribution in [2.75, 3.05) is 0 Å². The molecule has 0 aromatic rings. The Labute approximate surface area is 79.6 Å². The molecular formula is C9H20N2O2. The van der Waals surface area contributed by atoms with Crippen LogP contribution in [0, 0.1) is 0 Å². The van der Waals surface area contributed by atoms with Crippen LogP contribution in [0.5, 0.6) is 0 Å². The number of nitrogens with two attached hydrogens (primary N) is 2. The Kier molecular flexibility index (Phi) is 2.97. The van der Waals surface area contributed by atoms with Crippen LogP contribution in [0.3, 0.4) is 0 Å². The standard InChI is InChI=1S/C9H20N2O2/c1-5(10)7-8(6(2)11)13-9(3,4)12-7/h5-8H,10-11H2,1-4H3/t5-,6-,7-,8-/m1/s1. The number of rotatable bonds is 2. The lowest BCUT2D eigenvalue weighted by Crippen LogP contribution is -2.46. The highest BCUT2D eigenvalue weighted by molar-refractivity contribution is 4.90. The molecule has 1 fully saturated rings. The molecule has 0 saturated carbocycles. The van der Waals surface area contributed by atoms with E-state index in [2.05, 4.69) is 0 Å². The molecule has 1 aliphatic rings. The first-order chi connectivity index (χ1) is 5.83. The van der Waals surface area contributed by atoms with Crippen molar-refractivity contribution in [2.24, 2.45) is 11.5 Å². The monoisotopic (exact) mass is 188 g/mol. The summed E-state index contributed by atoms with van der Waals surface area (Å²) in [6, 6.07) is -0.115. The van der Waals surface area contributed by atoms with Crippen LogP contribution < -0.4 is 11.5 Å². The van der Waals surface area contributed by atoms with Crippen LogP contribution in [0.15, 0.2) is 0 Å². The van der Waals surface area contributed by atoms with Gasteiger partial charge in [0, 0.05) is 12.1 Å². The minimum Gasteiger partial charge on any atom is -0.343 e. The first kappa shape index (κ1) is 10.9. The van der Waals surface area contributed by atoms with Gasteiger partial charge in [-0.2, -0.15) is 0 Å². The van der Waals surface area contributed by atoms with E-state index in [9.17, 15) is 0 Å². The van der Waals surface area contributed by atoms with Gasteiger partial charge in [0.05, 0.1) is 0 Å². The van der Waals surface area contributed by atoms with Gasteiger partial charge >= 0.3 is 0 Å². The Morgan fingerprint density at radius 1 is 1.00 bits per heavy atom. The molecule has 0 aromatic carbocycles. The molecule has 0 bridgehead atoms. The summed E-state index contributed by atoms with van der Waals surface area (Å²) >= 11 is 0. The zero-order chi connectivity index (χ0) is 10.2. The Bertz CT molecular complexity index is 162. The van der Waals surface area contributed by atoms with Gasteiger partial charge in [-0.15, -0.1) is 0 Å². The maximum atomic E-state index is 5.79. The third-order valence-corrected chi connectivity index (χ3v) is 2.20. The quantitative estimate of drug-likeness (QED) is 0.649. The van der Waals surface area contributed by atoms with Gasteiger partial charge in [-0.3, -0.25) is 0 Å². The number of hydrogen-bond donors (Lipinski definition) is 2. The maximum Gasteiger partial charge on any atom is 0.163 e. The van der Waals surface area contributed by atoms with E-state index in [0.29, 0.717) is 0 Å². The van der Waals surface area contributed by atoms with Gasteiger partial charge in [-0.25, -0.2) is 0 Å². The molecule has 0 spiro atoms. The van der Waals surface area contributed by atoms with Crippen LogP contribution in [0.1, 0.15) is 27.7 Å². The second-order valence-corrected chi connectivity index (χ2v) is 4.28. The lowest BCUT2D eigenvalue weighted by molar-refractivity contribution is -0.148. The van der Waals surface area contributed by atoms with Crippen molar-refractivity contribution < 1.29 is 9.47 Å². The van der Waals surface area contributed by atoms with Gasteiger partial charge in [0.15, 0.2) is 5.79 Å². The third kappa shape index (κ3) is 2.40. The fourth-order valence-electron chi connectivity index (χ4n) is 1.63. The van der Waals surface area contributed by atoms with Crippen molar-refractivity contribution in [3.8, 4) is 0 Å². The van der Waals surface area contributed by atoms with Crippen LogP contribution in [-0.4, -0.2) is 30.1 Å². The van der Waals surface area contributed by atoms with Gasteiger partial charge in [0.1, 0.15) is 12.2 Å². The minimum absolute atomic E-state index is 0.0576. The molecule has 1 heterocycles. The number of hydrogen-bond acceptors (Lipinski definition) is 4. The number of ether oxygens (including phenoxy) is 2. The van der Waals surface area contributed by atoms with Crippen molar-refractivity contribution in [1.29, 1.82) is 0 Å². The summed E-state index contributed by atoms with van der Waals surface area (Å²) in [5.74, 6) is -0.559. The molecule has 0 radical (unpaired) electrons. The van der Waals surface area contributed by atoms with Gasteiger partial charge in [-0.05, 0) is 27.7 Å². The van der Waals surface area contributed by atoms with Crippen molar-refractivity contribution >= 4 is 0 Å². The van der Waals surface area contributed by atoms with E-state index in [0.717, 1.165) is 0 Å². The van der Waals surface area contributed by atoms with Crippen molar-refractivity contribution in [3.05, 3.63) is 0 Å². The SMILES string of the molecule is C[C@@H](N)[C@H]1OC(C)(C)O[C@@H]1[C@@H](C)N. The first-order valence-corrected chi connectivity index (χ1v) is 4.70. The molecule has 4 N–H and O–H groups in total. The Morgan fingerprint density at radius 2 is 1.31 bits per heavy atom. The average Bonchev–Trinajstić information content (AvgIpc) is 2.26. The summed E-state index contributed by atoms with van der Waals surface area (Å²) in [6.45, 7) is 7.57. The van der Waals surface area contributed by atoms with Gasteiger partial charge in [-0.1, -0.05) is 0 Å². The molecule has 1 rings (SSSR count). The van der Waals surface area contributed by atoms with Crippen LogP contribution in [0.2, 0.25) is 0 Å². The average molecular weight is 188 g/mol. The summed E-state index contributed by atoms with van der Waals surface area (Å²) in [5.41, 5.74) is 11.6. The second kappa shape index (κ2) is 3.53. The molecule has 1 aliphatic heterocycles. The molecule has 4 heteroatoms. The zero-order valence-electron chi connectivity index (χ0n) is 8.78. The van der Waals surface area contributed by atoms with Crippen LogP contribution in [0.4, 0.5) is 0 Å². The smallest absolute Gasteiger partial charge is 0.163 e. The molecule has 0 aliphatic carbocycles. The van der Waals surface area contributed by atoms with E-state index in [1.807, 2.05) is 27.7 Å². The molecule has 0 amide bonds. The molecule has 13 heavy (non-hydrogen) atoms. The zero-order valence-corrected chi connectivity index (χ0v) is 8.78. The van der Waals surface area contributed by atoms with E-state index in [1.54, 1.807) is 0 Å². The highest BCUT2D eigenvalue weighted by Crippen LogP contribution is 2.30. The third-order valence-electron chi connectivity index (χ3n) is 2.20. The first-order valence-electron chi connectivity index (χ1n) is 4.70. The lowest BCUT2D eigenvalue weighted by Gasteiger charge is -2.22. The molecule has 0 unspecified atom stereocenters. The Hall–Kier alpha value is -0.160. The molecule has 4 atom stereocenters. The van der Waals surface area contributed by atoms with Crippen LogP contribution in [-0.2, 0) is 9.47 Å². The molecular weight excluding hydrogens is 168 g/mol. The van der Waals surface area contributed by atoms with Gasteiger partial charge < -0.3 is 20.9 Å². The largest absolute Gasteiger partial charge is 0.343 e. The van der Waals surface area contributed by atoms with Gasteiger partial charge in [0.25, 0.3) is 0 Å². The molecule has 4 nitrogen and oxygen atoms in total. The Morgan fingerprint density at radius 3 is 1.54 bits per heavy atom. The van der Waals surface area contributed by atoms with E-state index in [4.69, 9.17) is 20.9 Å². The summed E-state index contributed by atoms with van der Waals surface area (Å²) in [6.07, 6.45) is -0.204. The van der Waals surface area contributed by atoms with E-state index in [-0.39, 0.29) is 24.3 Å². The Balaban J connectivity index is 2.71. The highest BCUT2D eigenvalue weighted by atomic mass is 16.8. The van der Waals surface area contributed by atoms with Crippen LogP contribution in [0.25, 0.3) is 0 Å². The predicted molar refractivity (Wildman–Crippen MR) is 51.1 cm³/mol. The summed E-state index contributed by atoms with van der Waals surface area (Å²) in [4.78, 5) is 0. The fourth-order valence-corrected chi connectivity index (χ4v) is 1.63. The summed E-state index contributed by atoms with van der Waals surface area (Å²) in [7, 11) is 0. The lowest BCUT2D eigenvalue weighted by atomic mass is 10.0. The van der Waals surface area contributed by atoms with Crippen LogP contribution >= 0.6 is 0 Å². The second-order valence-electron chi connectivity index (χ2n) is 4.28. The van der Waals surface area contributed by atoms with E-state index in [1.165, 1.54) is 0 Å². The van der Waals surface area contributed by atoms with Crippen molar-refractivity contribution in [3.63, 3.8) is 0 Å². The van der Waals surface area contributed by atoms with Gasteiger partial charge in [0.2, 0.25) is 0 Å². The van der Waals surface area contributed by atoms with Crippen molar-refractivity contribution in [1.82, 2.24) is 0 Å². The van der Waals surface area contributed by atoms with Crippen molar-refractivity contribution in [2.45, 2.75) is 57.8 Å². The van der Waals surface area contributed by atoms with E-state index < -0.39 is 5.79 Å². The molecule has 0 aromatic heterocycles. The molecule has 78 valence electrons. The maximum absolute atomic E-state index is 5.79. The highest BCUT2D eigenvalue weighted by Gasteiger charge is 2.44. The minimum atomic E-state index is -0.559. The van der Waals surface area contributed by atoms with E-state index >= 15 is 0 Å². The summed E-state index contributed by atoms with van der Waals surface area (Å²) < 4.78 is 11.3.